The highest BCUT2D eigenvalue weighted by molar-refractivity contribution is 7.99. The predicted octanol–water partition coefficient (Wildman–Crippen LogP) is 6.02. The number of hydrogen-bond acceptors (Lipinski definition) is 5. The Morgan fingerprint density at radius 2 is 1.90 bits per heavy atom. The zero-order valence-corrected chi connectivity index (χ0v) is 18.7. The van der Waals surface area contributed by atoms with Gasteiger partial charge in [-0.2, -0.15) is 0 Å². The summed E-state index contributed by atoms with van der Waals surface area (Å²) in [5.74, 6) is 0.811. The molecule has 152 valence electrons. The molecule has 4 rings (SSSR count). The molecule has 1 amide bonds. The third kappa shape index (κ3) is 4.71. The molecule has 2 heterocycles. The van der Waals surface area contributed by atoms with E-state index in [0.717, 1.165) is 26.7 Å². The zero-order valence-electron chi connectivity index (χ0n) is 17.0. The van der Waals surface area contributed by atoms with E-state index in [2.05, 4.69) is 43.1 Å². The van der Waals surface area contributed by atoms with Crippen molar-refractivity contribution in [2.45, 2.75) is 31.7 Å². The lowest BCUT2D eigenvalue weighted by molar-refractivity contribution is -0.118. The molecule has 0 fully saturated rings. The molecule has 2 aromatic heterocycles. The third-order valence-electron chi connectivity index (χ3n) is 5.00. The second-order valence-electron chi connectivity index (χ2n) is 7.10. The standard InChI is InChI=1S/C24H23N3OS2/c1-17-10-11-21-23(18(17)2)26-24(30-21)27(16-19-7-6-13-25-15-19)22(28)12-14-29-20-8-4-3-5-9-20/h3-11,13,15H,12,14,16H2,1-2H3. The summed E-state index contributed by atoms with van der Waals surface area (Å²) < 4.78 is 1.11. The fraction of sp³-hybridized carbons (Fsp3) is 0.208. The number of aromatic nitrogens is 2. The molecule has 30 heavy (non-hydrogen) atoms. The van der Waals surface area contributed by atoms with Gasteiger partial charge in [-0.25, -0.2) is 4.98 Å². The molecule has 0 saturated heterocycles. The van der Waals surface area contributed by atoms with Crippen LogP contribution in [-0.2, 0) is 11.3 Å². The average molecular weight is 434 g/mol. The van der Waals surface area contributed by atoms with Gasteiger partial charge in [0.1, 0.15) is 0 Å². The number of hydrogen-bond donors (Lipinski definition) is 0. The lowest BCUT2D eigenvalue weighted by Crippen LogP contribution is -2.30. The quantitative estimate of drug-likeness (QED) is 0.334. The summed E-state index contributed by atoms with van der Waals surface area (Å²) >= 11 is 3.27. The first-order valence-corrected chi connectivity index (χ1v) is 11.7. The normalized spacial score (nSPS) is 11.0. The number of anilines is 1. The number of fused-ring (bicyclic) bond motifs is 1. The van der Waals surface area contributed by atoms with Crippen LogP contribution in [0.15, 0.2) is 71.9 Å². The summed E-state index contributed by atoms with van der Waals surface area (Å²) in [4.78, 5) is 25.3. The first-order chi connectivity index (χ1) is 14.6. The predicted molar refractivity (Wildman–Crippen MR) is 126 cm³/mol. The first-order valence-electron chi connectivity index (χ1n) is 9.85. The molecule has 0 radical (unpaired) electrons. The molecule has 4 aromatic rings. The van der Waals surface area contributed by atoms with Crippen molar-refractivity contribution in [3.63, 3.8) is 0 Å². The summed E-state index contributed by atoms with van der Waals surface area (Å²) in [6.07, 6.45) is 4.01. The maximum atomic E-state index is 13.2. The summed E-state index contributed by atoms with van der Waals surface area (Å²) in [5.41, 5.74) is 4.36. The van der Waals surface area contributed by atoms with Crippen LogP contribution in [0.25, 0.3) is 10.2 Å². The van der Waals surface area contributed by atoms with Gasteiger partial charge in [0.25, 0.3) is 0 Å². The first kappa shape index (κ1) is 20.6. The van der Waals surface area contributed by atoms with Crippen LogP contribution in [0.5, 0.6) is 0 Å². The minimum atomic E-state index is 0.0794. The molecule has 0 saturated carbocycles. The van der Waals surface area contributed by atoms with Crippen molar-refractivity contribution in [1.82, 2.24) is 9.97 Å². The maximum absolute atomic E-state index is 13.2. The highest BCUT2D eigenvalue weighted by Gasteiger charge is 2.21. The smallest absolute Gasteiger partial charge is 0.229 e. The lowest BCUT2D eigenvalue weighted by atomic mass is 10.1. The minimum absolute atomic E-state index is 0.0794. The van der Waals surface area contributed by atoms with Gasteiger partial charge < -0.3 is 0 Å². The highest BCUT2D eigenvalue weighted by atomic mass is 32.2. The number of nitrogens with zero attached hydrogens (tertiary/aromatic N) is 3. The maximum Gasteiger partial charge on any atom is 0.229 e. The molecule has 0 N–H and O–H groups in total. The Kier molecular flexibility index (Phi) is 6.45. The molecule has 4 nitrogen and oxygen atoms in total. The molecule has 0 spiro atoms. The van der Waals surface area contributed by atoms with Crippen molar-refractivity contribution in [2.75, 3.05) is 10.7 Å². The van der Waals surface area contributed by atoms with Crippen LogP contribution in [0, 0.1) is 13.8 Å². The van der Waals surface area contributed by atoms with Crippen molar-refractivity contribution in [3.05, 3.63) is 83.7 Å². The van der Waals surface area contributed by atoms with E-state index < -0.39 is 0 Å². The Balaban J connectivity index is 1.57. The number of amides is 1. The Labute approximate surface area is 185 Å². The van der Waals surface area contributed by atoms with E-state index in [1.54, 1.807) is 29.3 Å². The Hall–Kier alpha value is -2.70. The van der Waals surface area contributed by atoms with Crippen LogP contribution in [-0.4, -0.2) is 21.6 Å². The van der Waals surface area contributed by atoms with Crippen LogP contribution in [0.3, 0.4) is 0 Å². The van der Waals surface area contributed by atoms with E-state index in [9.17, 15) is 4.79 Å². The van der Waals surface area contributed by atoms with Gasteiger partial charge in [-0.05, 0) is 54.8 Å². The van der Waals surface area contributed by atoms with E-state index in [0.29, 0.717) is 13.0 Å². The van der Waals surface area contributed by atoms with Gasteiger partial charge in [0, 0.05) is 29.5 Å². The van der Waals surface area contributed by atoms with Crippen molar-refractivity contribution in [2.24, 2.45) is 0 Å². The molecular formula is C24H23N3OS2. The number of pyridine rings is 1. The van der Waals surface area contributed by atoms with Crippen LogP contribution in [0.1, 0.15) is 23.1 Å². The number of carbonyl (C=O) groups excluding carboxylic acids is 1. The molecule has 2 aromatic carbocycles. The number of rotatable bonds is 7. The zero-order chi connectivity index (χ0) is 20.9. The number of carbonyl (C=O) groups is 1. The van der Waals surface area contributed by atoms with E-state index in [1.165, 1.54) is 16.0 Å². The second kappa shape index (κ2) is 9.41. The number of thioether (sulfide) groups is 1. The fourth-order valence-corrected chi connectivity index (χ4v) is 5.08. The van der Waals surface area contributed by atoms with Gasteiger partial charge in [-0.1, -0.05) is 41.7 Å². The fourth-order valence-electron chi connectivity index (χ4n) is 3.17. The average Bonchev–Trinajstić information content (AvgIpc) is 3.21. The third-order valence-corrected chi connectivity index (χ3v) is 7.05. The van der Waals surface area contributed by atoms with Crippen molar-refractivity contribution >= 4 is 44.4 Å². The van der Waals surface area contributed by atoms with Gasteiger partial charge in [0.05, 0.1) is 16.8 Å². The van der Waals surface area contributed by atoms with Crippen LogP contribution in [0.4, 0.5) is 5.13 Å². The largest absolute Gasteiger partial charge is 0.284 e. The summed E-state index contributed by atoms with van der Waals surface area (Å²) in [6.45, 7) is 4.65. The van der Waals surface area contributed by atoms with Crippen LogP contribution in [0.2, 0.25) is 0 Å². The summed E-state index contributed by atoms with van der Waals surface area (Å²) in [7, 11) is 0. The van der Waals surface area contributed by atoms with E-state index >= 15 is 0 Å². The lowest BCUT2D eigenvalue weighted by Gasteiger charge is -2.20. The van der Waals surface area contributed by atoms with E-state index in [4.69, 9.17) is 4.98 Å². The molecule has 0 bridgehead atoms. The Bertz CT molecular complexity index is 1140. The second-order valence-corrected chi connectivity index (χ2v) is 9.28. The topological polar surface area (TPSA) is 46.1 Å². The van der Waals surface area contributed by atoms with Gasteiger partial charge in [-0.15, -0.1) is 11.8 Å². The van der Waals surface area contributed by atoms with Gasteiger partial charge >= 0.3 is 0 Å². The van der Waals surface area contributed by atoms with E-state index in [1.807, 2.05) is 41.4 Å². The minimum Gasteiger partial charge on any atom is -0.284 e. The highest BCUT2D eigenvalue weighted by Crippen LogP contribution is 2.33. The van der Waals surface area contributed by atoms with Crippen molar-refractivity contribution in [3.8, 4) is 0 Å². The molecule has 0 unspecified atom stereocenters. The molecule has 0 atom stereocenters. The number of aryl methyl sites for hydroxylation is 2. The van der Waals surface area contributed by atoms with Gasteiger partial charge in [-0.3, -0.25) is 14.7 Å². The van der Waals surface area contributed by atoms with Crippen LogP contribution < -0.4 is 4.90 Å². The molecule has 0 aliphatic carbocycles. The monoisotopic (exact) mass is 433 g/mol. The molecule has 0 aliphatic heterocycles. The Morgan fingerprint density at radius 3 is 2.67 bits per heavy atom. The SMILES string of the molecule is Cc1ccc2sc(N(Cc3cccnc3)C(=O)CCSc3ccccc3)nc2c1C. The summed E-state index contributed by atoms with van der Waals surface area (Å²) in [6, 6.07) is 18.3. The summed E-state index contributed by atoms with van der Waals surface area (Å²) in [5, 5.41) is 0.747. The molecule has 6 heteroatoms. The van der Waals surface area contributed by atoms with Crippen LogP contribution >= 0.6 is 23.1 Å². The molecular weight excluding hydrogens is 410 g/mol. The van der Waals surface area contributed by atoms with Gasteiger partial charge in [0.2, 0.25) is 5.91 Å². The molecule has 0 aliphatic rings. The van der Waals surface area contributed by atoms with Crippen molar-refractivity contribution < 1.29 is 4.79 Å². The number of benzene rings is 2. The van der Waals surface area contributed by atoms with Crippen molar-refractivity contribution in [1.29, 1.82) is 0 Å². The Morgan fingerprint density at radius 1 is 1.07 bits per heavy atom. The van der Waals surface area contributed by atoms with Gasteiger partial charge in [0.15, 0.2) is 5.13 Å². The van der Waals surface area contributed by atoms with E-state index in [-0.39, 0.29) is 5.91 Å². The number of thiazole rings is 1.